The zero-order chi connectivity index (χ0) is 6.62. The molecule has 0 aliphatic heterocycles. The number of nitrogens with one attached hydrogen (secondary N) is 1. The summed E-state index contributed by atoms with van der Waals surface area (Å²) in [6, 6.07) is 0. The first kappa shape index (κ1) is 7.85. The van der Waals surface area contributed by atoms with Gasteiger partial charge in [-0.25, -0.2) is 4.39 Å². The third-order valence-electron chi connectivity index (χ3n) is 0.652. The van der Waals surface area contributed by atoms with E-state index >= 15 is 0 Å². The van der Waals surface area contributed by atoms with Crippen molar-refractivity contribution in [3.05, 3.63) is 0 Å². The smallest absolute Gasteiger partial charge is 0.110 e. The zero-order valence-corrected chi connectivity index (χ0v) is 5.24. The summed E-state index contributed by atoms with van der Waals surface area (Å²) in [7, 11) is 0. The van der Waals surface area contributed by atoms with Gasteiger partial charge in [-0.15, -0.1) is 0 Å². The van der Waals surface area contributed by atoms with Crippen LogP contribution in [0, 0.1) is 0 Å². The Morgan fingerprint density at radius 3 is 2.25 bits per heavy atom. The van der Waals surface area contributed by atoms with E-state index in [2.05, 4.69) is 5.32 Å². The molecular weight excluding hydrogens is 109 g/mol. The highest BCUT2D eigenvalue weighted by molar-refractivity contribution is 4.59. The summed E-state index contributed by atoms with van der Waals surface area (Å²) in [6.45, 7) is 2.92. The van der Waals surface area contributed by atoms with Gasteiger partial charge in [-0.2, -0.15) is 0 Å². The van der Waals surface area contributed by atoms with E-state index in [-0.39, 0.29) is 6.54 Å². The average molecular weight is 121 g/mol. The molecule has 0 rings (SSSR count). The monoisotopic (exact) mass is 121 g/mol. The molecule has 2 N–H and O–H groups in total. The van der Waals surface area contributed by atoms with Crippen molar-refractivity contribution in [2.24, 2.45) is 0 Å². The Morgan fingerprint density at radius 2 is 2.12 bits per heavy atom. The molecule has 0 amide bonds. The van der Waals surface area contributed by atoms with E-state index in [1.807, 2.05) is 0 Å². The number of rotatable bonds is 3. The summed E-state index contributed by atoms with van der Waals surface area (Å²) in [6.07, 6.45) is 0. The predicted octanol–water partition coefficient (Wildman–Crippen LogP) is 0.274. The molecular formula is C5H12FNO. The second-order valence-electron chi connectivity index (χ2n) is 2.17. The molecule has 8 heavy (non-hydrogen) atoms. The van der Waals surface area contributed by atoms with Crippen LogP contribution in [0.3, 0.4) is 0 Å². The van der Waals surface area contributed by atoms with Gasteiger partial charge in [0.25, 0.3) is 0 Å². The lowest BCUT2D eigenvalue weighted by atomic mass is 10.3. The Balaban J connectivity index is 3.11. The van der Waals surface area contributed by atoms with Crippen molar-refractivity contribution in [3.8, 4) is 0 Å². The second kappa shape index (κ2) is 2.99. The van der Waals surface area contributed by atoms with Crippen molar-refractivity contribution in [2.45, 2.75) is 19.6 Å². The number of alkyl halides is 1. The van der Waals surface area contributed by atoms with Crippen LogP contribution < -0.4 is 5.32 Å². The Morgan fingerprint density at radius 1 is 1.62 bits per heavy atom. The van der Waals surface area contributed by atoms with Gasteiger partial charge in [-0.05, 0) is 13.8 Å². The molecule has 50 valence electrons. The molecule has 0 aliphatic carbocycles. The largest absolute Gasteiger partial charge is 0.376 e. The Kier molecular flexibility index (Phi) is 2.94. The van der Waals surface area contributed by atoms with Crippen molar-refractivity contribution in [2.75, 3.05) is 13.2 Å². The Labute approximate surface area is 48.7 Å². The highest BCUT2D eigenvalue weighted by atomic mass is 19.1. The molecule has 0 atom stereocenters. The van der Waals surface area contributed by atoms with Crippen LogP contribution in [0.1, 0.15) is 13.8 Å². The molecule has 2 nitrogen and oxygen atoms in total. The standard InChI is InChI=1S/C5H12FNO/c1-5(2,8)7-4-3-6/h7-8H,3-4H2,1-2H3. The van der Waals surface area contributed by atoms with Gasteiger partial charge in [0.15, 0.2) is 0 Å². The van der Waals surface area contributed by atoms with Crippen LogP contribution in [-0.4, -0.2) is 24.1 Å². The second-order valence-corrected chi connectivity index (χ2v) is 2.17. The lowest BCUT2D eigenvalue weighted by molar-refractivity contribution is 0.0423. The van der Waals surface area contributed by atoms with Crippen LogP contribution in [0.2, 0.25) is 0 Å². The van der Waals surface area contributed by atoms with Gasteiger partial charge in [0, 0.05) is 6.54 Å². The predicted molar refractivity (Wildman–Crippen MR) is 30.3 cm³/mol. The first-order chi connectivity index (χ1) is 3.56. The topological polar surface area (TPSA) is 32.3 Å². The van der Waals surface area contributed by atoms with E-state index in [1.54, 1.807) is 13.8 Å². The Hall–Kier alpha value is -0.150. The van der Waals surface area contributed by atoms with Crippen molar-refractivity contribution in [1.82, 2.24) is 5.32 Å². The van der Waals surface area contributed by atoms with Crippen molar-refractivity contribution >= 4 is 0 Å². The van der Waals surface area contributed by atoms with Gasteiger partial charge < -0.3 is 5.11 Å². The van der Waals surface area contributed by atoms with Gasteiger partial charge in [0.05, 0.1) is 0 Å². The minimum absolute atomic E-state index is 0.212. The molecule has 0 unspecified atom stereocenters. The highest BCUT2D eigenvalue weighted by Gasteiger charge is 2.08. The molecule has 0 aromatic carbocycles. The third kappa shape index (κ3) is 5.85. The van der Waals surface area contributed by atoms with Crippen LogP contribution in [0.5, 0.6) is 0 Å². The fourth-order valence-corrected chi connectivity index (χ4v) is 0.353. The number of hydrogen-bond acceptors (Lipinski definition) is 2. The molecule has 0 bridgehead atoms. The number of hydrogen-bond donors (Lipinski definition) is 2. The van der Waals surface area contributed by atoms with E-state index in [9.17, 15) is 4.39 Å². The van der Waals surface area contributed by atoms with Gasteiger partial charge in [-0.3, -0.25) is 5.32 Å². The average Bonchev–Trinajstić information content (AvgIpc) is 1.59. The van der Waals surface area contributed by atoms with Crippen LogP contribution >= 0.6 is 0 Å². The van der Waals surface area contributed by atoms with Crippen LogP contribution in [0.25, 0.3) is 0 Å². The fourth-order valence-electron chi connectivity index (χ4n) is 0.353. The van der Waals surface area contributed by atoms with Crippen LogP contribution in [0.15, 0.2) is 0 Å². The molecule has 0 aromatic heterocycles. The van der Waals surface area contributed by atoms with Crippen LogP contribution in [-0.2, 0) is 0 Å². The van der Waals surface area contributed by atoms with E-state index in [0.717, 1.165) is 0 Å². The van der Waals surface area contributed by atoms with E-state index in [4.69, 9.17) is 5.11 Å². The molecule has 0 aliphatic rings. The van der Waals surface area contributed by atoms with Crippen LogP contribution in [0.4, 0.5) is 4.39 Å². The van der Waals surface area contributed by atoms with Crippen molar-refractivity contribution in [1.29, 1.82) is 0 Å². The van der Waals surface area contributed by atoms with E-state index in [0.29, 0.717) is 0 Å². The molecule has 0 fully saturated rings. The first-order valence-electron chi connectivity index (χ1n) is 2.59. The van der Waals surface area contributed by atoms with E-state index < -0.39 is 12.4 Å². The molecule has 0 radical (unpaired) electrons. The number of aliphatic hydroxyl groups is 1. The molecule has 0 saturated heterocycles. The van der Waals surface area contributed by atoms with E-state index in [1.165, 1.54) is 0 Å². The molecule has 0 spiro atoms. The summed E-state index contributed by atoms with van der Waals surface area (Å²) in [5, 5.41) is 11.4. The molecule has 0 aromatic rings. The summed E-state index contributed by atoms with van der Waals surface area (Å²) in [5.41, 5.74) is -0.938. The lowest BCUT2D eigenvalue weighted by Gasteiger charge is -2.17. The summed E-state index contributed by atoms with van der Waals surface area (Å²) in [5.74, 6) is 0. The first-order valence-corrected chi connectivity index (χ1v) is 2.59. The summed E-state index contributed by atoms with van der Waals surface area (Å²) >= 11 is 0. The lowest BCUT2D eigenvalue weighted by Crippen LogP contribution is -2.39. The van der Waals surface area contributed by atoms with Crippen molar-refractivity contribution < 1.29 is 9.50 Å². The highest BCUT2D eigenvalue weighted by Crippen LogP contribution is 1.91. The minimum Gasteiger partial charge on any atom is -0.376 e. The van der Waals surface area contributed by atoms with Gasteiger partial charge in [-0.1, -0.05) is 0 Å². The maximum atomic E-state index is 11.3. The molecule has 0 heterocycles. The maximum absolute atomic E-state index is 11.3. The Bertz CT molecular complexity index is 59.9. The summed E-state index contributed by atoms with van der Waals surface area (Å²) in [4.78, 5) is 0. The SMILES string of the molecule is CC(C)(O)NCCF. The normalized spacial score (nSPS) is 12.0. The number of halogens is 1. The van der Waals surface area contributed by atoms with Gasteiger partial charge >= 0.3 is 0 Å². The van der Waals surface area contributed by atoms with Gasteiger partial charge in [0.1, 0.15) is 12.4 Å². The quantitative estimate of drug-likeness (QED) is 0.525. The molecule has 0 saturated carbocycles. The summed E-state index contributed by atoms with van der Waals surface area (Å²) < 4.78 is 11.3. The molecule has 3 heteroatoms. The third-order valence-corrected chi connectivity index (χ3v) is 0.652. The fraction of sp³-hybridized carbons (Fsp3) is 1.00. The maximum Gasteiger partial charge on any atom is 0.110 e. The zero-order valence-electron chi connectivity index (χ0n) is 5.24. The minimum atomic E-state index is -0.938. The van der Waals surface area contributed by atoms with Crippen molar-refractivity contribution in [3.63, 3.8) is 0 Å². The van der Waals surface area contributed by atoms with Gasteiger partial charge in [0.2, 0.25) is 0 Å².